The molecule has 3 atom stereocenters. The Kier molecular flexibility index (Phi) is 9.36. The largest absolute Gasteiger partial charge is 0.442 e. The molecule has 0 saturated carbocycles. The lowest BCUT2D eigenvalue weighted by Gasteiger charge is -2.27. The van der Waals surface area contributed by atoms with Gasteiger partial charge in [0.05, 0.1) is 11.6 Å². The fourth-order valence-electron chi connectivity index (χ4n) is 3.21. The van der Waals surface area contributed by atoms with Crippen LogP contribution in [0.3, 0.4) is 0 Å². The molecule has 7 heteroatoms. The molecule has 4 nitrogen and oxygen atoms in total. The first-order valence-corrected chi connectivity index (χ1v) is 10.6. The molecular weight excluding hydrogens is 440 g/mol. The minimum Gasteiger partial charge on any atom is -0.442 e. The lowest BCUT2D eigenvalue weighted by molar-refractivity contribution is -0.155. The second kappa shape index (κ2) is 11.7. The van der Waals surface area contributed by atoms with Gasteiger partial charge in [-0.1, -0.05) is 62.0 Å². The average molecular weight is 464 g/mol. The molecule has 1 aromatic carbocycles. The Bertz CT molecular complexity index is 950. The normalized spacial score (nSPS) is 13.6. The van der Waals surface area contributed by atoms with Crippen molar-refractivity contribution in [3.8, 4) is 24.0 Å². The smallest absolute Gasteiger partial charge is 0.311 e. The first-order chi connectivity index (χ1) is 14.7. The van der Waals surface area contributed by atoms with Crippen LogP contribution in [-0.4, -0.2) is 11.0 Å². The van der Waals surface area contributed by atoms with Crippen molar-refractivity contribution in [1.29, 1.82) is 0 Å². The van der Waals surface area contributed by atoms with Gasteiger partial charge in [0.2, 0.25) is 12.0 Å². The molecule has 1 aromatic heterocycles. The molecule has 2 rings (SSSR count). The van der Waals surface area contributed by atoms with E-state index in [4.69, 9.17) is 39.1 Å². The predicted octanol–water partition coefficient (Wildman–Crippen LogP) is 6.85. The van der Waals surface area contributed by atoms with E-state index in [0.29, 0.717) is 17.9 Å². The van der Waals surface area contributed by atoms with Gasteiger partial charge in [0.1, 0.15) is 16.1 Å². The molecule has 0 bridgehead atoms. The molecule has 0 spiro atoms. The highest BCUT2D eigenvalue weighted by Gasteiger charge is 2.32. The molecule has 0 aliphatic rings. The van der Waals surface area contributed by atoms with Crippen LogP contribution >= 0.6 is 23.2 Å². The lowest BCUT2D eigenvalue weighted by Crippen LogP contribution is -2.30. The molecule has 1 heterocycles. The van der Waals surface area contributed by atoms with E-state index < -0.39 is 18.0 Å². The highest BCUT2D eigenvalue weighted by Crippen LogP contribution is 2.31. The number of hydrogen-bond donors (Lipinski definition) is 0. The summed E-state index contributed by atoms with van der Waals surface area (Å²) in [4.78, 5) is 17.3. The number of carbonyl (C=O) groups is 1. The van der Waals surface area contributed by atoms with Crippen LogP contribution in [0, 0.1) is 35.9 Å². The quantitative estimate of drug-likeness (QED) is 0.301. The van der Waals surface area contributed by atoms with Crippen molar-refractivity contribution in [2.45, 2.75) is 33.3 Å². The Hall–Kier alpha value is -2.55. The van der Waals surface area contributed by atoms with Gasteiger partial charge in [-0.25, -0.2) is 9.37 Å². The molecule has 0 N–H and O–H groups in total. The number of hydrogen-bond acceptors (Lipinski definition) is 4. The van der Waals surface area contributed by atoms with Gasteiger partial charge in [-0.15, -0.1) is 6.42 Å². The Morgan fingerprint density at radius 1 is 1.23 bits per heavy atom. The zero-order valence-corrected chi connectivity index (χ0v) is 19.0. The molecule has 0 saturated heterocycles. The predicted molar refractivity (Wildman–Crippen MR) is 120 cm³/mol. The fraction of sp³-hybridized carbons (Fsp3) is 0.333. The minimum atomic E-state index is -1.00. The number of terminal acetylenes is 1. The van der Waals surface area contributed by atoms with Crippen molar-refractivity contribution in [3.63, 3.8) is 0 Å². The van der Waals surface area contributed by atoms with Gasteiger partial charge in [-0.05, 0) is 48.6 Å². The summed E-state index contributed by atoms with van der Waals surface area (Å²) in [6, 6.07) is 10.5. The third-order valence-corrected chi connectivity index (χ3v) is 4.95. The number of esters is 1. The second-order valence-electron chi connectivity index (χ2n) is 7.24. The van der Waals surface area contributed by atoms with Crippen molar-refractivity contribution >= 4 is 29.2 Å². The van der Waals surface area contributed by atoms with Gasteiger partial charge in [-0.3, -0.25) is 4.79 Å². The van der Waals surface area contributed by atoms with E-state index in [-0.39, 0.29) is 28.0 Å². The van der Waals surface area contributed by atoms with Gasteiger partial charge >= 0.3 is 5.97 Å². The molecule has 0 fully saturated rings. The molecule has 164 valence electrons. The van der Waals surface area contributed by atoms with Gasteiger partial charge in [0.25, 0.3) is 0 Å². The van der Waals surface area contributed by atoms with E-state index in [9.17, 15) is 9.18 Å². The van der Waals surface area contributed by atoms with Crippen LogP contribution in [0.5, 0.6) is 11.6 Å². The van der Waals surface area contributed by atoms with Crippen molar-refractivity contribution in [3.05, 3.63) is 64.5 Å². The van der Waals surface area contributed by atoms with E-state index >= 15 is 0 Å². The molecular formula is C24H24Cl2FNO3. The number of aromatic nitrogens is 1. The zero-order valence-electron chi connectivity index (χ0n) is 17.5. The van der Waals surface area contributed by atoms with Gasteiger partial charge in [-0.2, -0.15) is 0 Å². The summed E-state index contributed by atoms with van der Waals surface area (Å²) in [5.41, 5.74) is 0.344. The summed E-state index contributed by atoms with van der Waals surface area (Å²) in [5, 5.41) is 0. The number of allylic oxidation sites excluding steroid dienone is 1. The standard InChI is InChI=1S/C24H24Cl2FNO3/c1-5-16(14-21(25)26)23(15(3)4)24(29)31-20(6-2)19-8-7-9-22(28-19)30-18-12-10-17(27)11-13-18/h2,7-16,20,23H,5H2,1,3-4H3. The number of ether oxygens (including phenoxy) is 2. The molecule has 2 aromatic rings. The maximum Gasteiger partial charge on any atom is 0.311 e. The van der Waals surface area contributed by atoms with Gasteiger partial charge < -0.3 is 9.47 Å². The van der Waals surface area contributed by atoms with Crippen LogP contribution in [0.1, 0.15) is 39.0 Å². The first-order valence-electron chi connectivity index (χ1n) is 9.85. The maximum atomic E-state index is 13.1. The van der Waals surface area contributed by atoms with Crippen LogP contribution in [0.2, 0.25) is 0 Å². The number of halogens is 3. The highest BCUT2D eigenvalue weighted by molar-refractivity contribution is 6.55. The van der Waals surface area contributed by atoms with E-state index in [2.05, 4.69) is 10.9 Å². The van der Waals surface area contributed by atoms with Crippen molar-refractivity contribution in [2.24, 2.45) is 17.8 Å². The second-order valence-corrected chi connectivity index (χ2v) is 8.25. The summed E-state index contributed by atoms with van der Waals surface area (Å²) < 4.78 is 24.5. The van der Waals surface area contributed by atoms with E-state index in [0.717, 1.165) is 0 Å². The topological polar surface area (TPSA) is 48.4 Å². The summed E-state index contributed by atoms with van der Waals surface area (Å²) in [6.07, 6.45) is 6.93. The number of pyridine rings is 1. The number of rotatable bonds is 9. The zero-order chi connectivity index (χ0) is 23.0. The van der Waals surface area contributed by atoms with E-state index in [1.165, 1.54) is 24.3 Å². The molecule has 0 aliphatic heterocycles. The summed E-state index contributed by atoms with van der Waals surface area (Å²) in [5.74, 6) is 1.58. The Morgan fingerprint density at radius 3 is 2.45 bits per heavy atom. The molecule has 0 aliphatic carbocycles. The summed E-state index contributed by atoms with van der Waals surface area (Å²) in [7, 11) is 0. The van der Waals surface area contributed by atoms with E-state index in [1.807, 2.05) is 20.8 Å². The number of nitrogens with zero attached hydrogens (tertiary/aromatic N) is 1. The Balaban J connectivity index is 2.21. The van der Waals surface area contributed by atoms with Crippen molar-refractivity contribution in [1.82, 2.24) is 4.98 Å². The highest BCUT2D eigenvalue weighted by atomic mass is 35.5. The van der Waals surface area contributed by atoms with Crippen LogP contribution < -0.4 is 4.74 Å². The maximum absolute atomic E-state index is 13.1. The van der Waals surface area contributed by atoms with Gasteiger partial charge in [0, 0.05) is 6.07 Å². The van der Waals surface area contributed by atoms with Gasteiger partial charge in [0.15, 0.2) is 0 Å². The summed E-state index contributed by atoms with van der Waals surface area (Å²) >= 11 is 11.6. The first kappa shape index (κ1) is 24.7. The SMILES string of the molecule is C#CC(OC(=O)C(C(C)C)C(C=C(Cl)Cl)CC)c1cccc(Oc2ccc(F)cc2)n1. The minimum absolute atomic E-state index is 0.0269. The Morgan fingerprint density at radius 2 is 1.90 bits per heavy atom. The third kappa shape index (κ3) is 7.27. The Labute approximate surface area is 192 Å². The van der Waals surface area contributed by atoms with Crippen LogP contribution in [0.25, 0.3) is 0 Å². The van der Waals surface area contributed by atoms with Crippen LogP contribution in [-0.2, 0) is 9.53 Å². The van der Waals surface area contributed by atoms with E-state index in [1.54, 1.807) is 24.3 Å². The van der Waals surface area contributed by atoms with Crippen LogP contribution in [0.15, 0.2) is 53.0 Å². The number of carbonyl (C=O) groups excluding carboxylic acids is 1. The van der Waals surface area contributed by atoms with Crippen molar-refractivity contribution < 1.29 is 18.7 Å². The summed E-state index contributed by atoms with van der Waals surface area (Å²) in [6.45, 7) is 5.78. The fourth-order valence-corrected chi connectivity index (χ4v) is 3.53. The number of benzene rings is 1. The lowest BCUT2D eigenvalue weighted by atomic mass is 9.82. The van der Waals surface area contributed by atoms with Crippen LogP contribution in [0.4, 0.5) is 4.39 Å². The average Bonchev–Trinajstić information content (AvgIpc) is 2.72. The molecule has 0 radical (unpaired) electrons. The monoisotopic (exact) mass is 463 g/mol. The van der Waals surface area contributed by atoms with Crippen molar-refractivity contribution in [2.75, 3.05) is 0 Å². The third-order valence-electron chi connectivity index (χ3n) is 4.70. The molecule has 3 unspecified atom stereocenters. The molecule has 31 heavy (non-hydrogen) atoms. The molecule has 0 amide bonds.